The van der Waals surface area contributed by atoms with Gasteiger partial charge in [0.05, 0.1) is 0 Å². The van der Waals surface area contributed by atoms with Crippen LogP contribution in [0.2, 0.25) is 0 Å². The Morgan fingerprint density at radius 2 is 1.88 bits per heavy atom. The molecule has 1 saturated heterocycles. The molecule has 6 nitrogen and oxygen atoms in total. The molecule has 0 aromatic carbocycles. The molecule has 2 rings (SSSR count). The van der Waals surface area contributed by atoms with E-state index in [1.165, 1.54) is 0 Å². The maximum absolute atomic E-state index is 12.7. The summed E-state index contributed by atoms with van der Waals surface area (Å²) in [6.45, 7) is 6.77. The molecule has 1 aromatic heterocycles. The number of piperidine rings is 1. The van der Waals surface area contributed by atoms with Gasteiger partial charge in [-0.05, 0) is 39.7 Å². The number of amides is 2. The molecule has 1 aromatic rings. The smallest absolute Gasteiger partial charge is 0.351 e. The van der Waals surface area contributed by atoms with Crippen LogP contribution in [0.4, 0.5) is 23.9 Å². The van der Waals surface area contributed by atoms with Crippen LogP contribution < -0.4 is 10.6 Å². The number of halogens is 3. The molecule has 0 bridgehead atoms. The normalized spacial score (nSPS) is 16.8. The van der Waals surface area contributed by atoms with Crippen LogP contribution in [0.3, 0.4) is 0 Å². The van der Waals surface area contributed by atoms with Crippen LogP contribution in [0, 0.1) is 0 Å². The maximum atomic E-state index is 12.7. The number of carbonyl (C=O) groups is 1. The highest BCUT2D eigenvalue weighted by Crippen LogP contribution is 2.27. The molecule has 0 unspecified atom stereocenters. The van der Waals surface area contributed by atoms with Crippen LogP contribution in [0.5, 0.6) is 0 Å². The van der Waals surface area contributed by atoms with Gasteiger partial charge < -0.3 is 15.5 Å². The van der Waals surface area contributed by atoms with Gasteiger partial charge in [-0.25, -0.2) is 14.8 Å². The van der Waals surface area contributed by atoms with Crippen LogP contribution in [-0.2, 0) is 6.18 Å². The highest BCUT2D eigenvalue weighted by atomic mass is 19.4. The predicted molar refractivity (Wildman–Crippen MR) is 83.5 cm³/mol. The lowest BCUT2D eigenvalue weighted by Gasteiger charge is -2.34. The molecule has 2 heterocycles. The molecule has 1 fully saturated rings. The van der Waals surface area contributed by atoms with E-state index in [0.717, 1.165) is 12.3 Å². The minimum Gasteiger partial charge on any atom is -0.351 e. The van der Waals surface area contributed by atoms with E-state index in [9.17, 15) is 18.0 Å². The summed E-state index contributed by atoms with van der Waals surface area (Å²) in [5.41, 5.74) is -1.28. The Bertz CT molecular complexity index is 577. The van der Waals surface area contributed by atoms with E-state index in [0.29, 0.717) is 25.9 Å². The number of rotatable bonds is 2. The minimum atomic E-state index is -4.49. The molecule has 2 N–H and O–H groups in total. The zero-order valence-electron chi connectivity index (χ0n) is 13.9. The fraction of sp³-hybridized carbons (Fsp3) is 0.667. The molecular formula is C15H22F3N5O. The van der Waals surface area contributed by atoms with Gasteiger partial charge in [-0.1, -0.05) is 0 Å². The molecule has 0 aliphatic carbocycles. The lowest BCUT2D eigenvalue weighted by Crippen LogP contribution is -2.51. The molecule has 2 amide bonds. The summed E-state index contributed by atoms with van der Waals surface area (Å²) < 4.78 is 38.0. The van der Waals surface area contributed by atoms with Crippen molar-refractivity contribution < 1.29 is 18.0 Å². The number of anilines is 1. The Morgan fingerprint density at radius 3 is 2.42 bits per heavy atom. The van der Waals surface area contributed by atoms with Crippen molar-refractivity contribution in [3.63, 3.8) is 0 Å². The van der Waals surface area contributed by atoms with Gasteiger partial charge in [0.25, 0.3) is 0 Å². The second-order valence-electron chi connectivity index (χ2n) is 6.85. The standard InChI is InChI=1S/C15H22F3N5O/c1-14(2,3)22-13(24)23-8-5-10(6-9-23)20-12-19-7-4-11(21-12)15(16,17)18/h4,7,10H,5-6,8-9H2,1-3H3,(H,22,24)(H,19,20,21). The summed E-state index contributed by atoms with van der Waals surface area (Å²) in [7, 11) is 0. The van der Waals surface area contributed by atoms with Gasteiger partial charge in [-0.3, -0.25) is 0 Å². The summed E-state index contributed by atoms with van der Waals surface area (Å²) in [6, 6.07) is 0.647. The molecule has 1 aliphatic heterocycles. The Kier molecular flexibility index (Phi) is 5.19. The van der Waals surface area contributed by atoms with Crippen molar-refractivity contribution >= 4 is 12.0 Å². The third kappa shape index (κ3) is 5.24. The third-order valence-electron chi connectivity index (χ3n) is 3.54. The number of likely N-dealkylation sites (tertiary alicyclic amines) is 1. The summed E-state index contributed by atoms with van der Waals surface area (Å²) in [5, 5.41) is 5.81. The number of nitrogens with zero attached hydrogens (tertiary/aromatic N) is 3. The minimum absolute atomic E-state index is 0.0394. The summed E-state index contributed by atoms with van der Waals surface area (Å²) >= 11 is 0. The van der Waals surface area contributed by atoms with E-state index in [-0.39, 0.29) is 23.6 Å². The van der Waals surface area contributed by atoms with Crippen LogP contribution >= 0.6 is 0 Å². The van der Waals surface area contributed by atoms with E-state index in [2.05, 4.69) is 20.6 Å². The van der Waals surface area contributed by atoms with Gasteiger partial charge in [-0.2, -0.15) is 13.2 Å². The molecule has 1 aliphatic rings. The van der Waals surface area contributed by atoms with E-state index in [4.69, 9.17) is 0 Å². The summed E-state index contributed by atoms with van der Waals surface area (Å²) in [4.78, 5) is 21.1. The van der Waals surface area contributed by atoms with Crippen molar-refractivity contribution in [2.45, 2.75) is 51.4 Å². The second-order valence-corrected chi connectivity index (χ2v) is 6.85. The largest absolute Gasteiger partial charge is 0.433 e. The highest BCUT2D eigenvalue weighted by Gasteiger charge is 2.33. The van der Waals surface area contributed by atoms with Crippen LogP contribution in [0.1, 0.15) is 39.3 Å². The van der Waals surface area contributed by atoms with Crippen LogP contribution in [0.25, 0.3) is 0 Å². The zero-order valence-corrected chi connectivity index (χ0v) is 13.9. The topological polar surface area (TPSA) is 70.2 Å². The first kappa shape index (κ1) is 18.3. The molecule has 0 saturated carbocycles. The molecule has 9 heteroatoms. The summed E-state index contributed by atoms with van der Waals surface area (Å²) in [5.74, 6) is -0.0394. The number of alkyl halides is 3. The molecular weight excluding hydrogens is 323 g/mol. The second kappa shape index (κ2) is 6.82. The lowest BCUT2D eigenvalue weighted by molar-refractivity contribution is -0.141. The fourth-order valence-corrected chi connectivity index (χ4v) is 2.40. The van der Waals surface area contributed by atoms with E-state index < -0.39 is 11.9 Å². The third-order valence-corrected chi connectivity index (χ3v) is 3.54. The zero-order chi connectivity index (χ0) is 18.0. The number of hydrogen-bond donors (Lipinski definition) is 2. The summed E-state index contributed by atoms with van der Waals surface area (Å²) in [6.07, 6.45) is -2.16. The molecule has 134 valence electrons. The van der Waals surface area contributed by atoms with Gasteiger partial charge in [0, 0.05) is 30.9 Å². The first-order valence-corrected chi connectivity index (χ1v) is 7.78. The number of urea groups is 1. The van der Waals surface area contributed by atoms with Gasteiger partial charge in [-0.15, -0.1) is 0 Å². The van der Waals surface area contributed by atoms with E-state index in [1.54, 1.807) is 4.90 Å². The highest BCUT2D eigenvalue weighted by molar-refractivity contribution is 5.75. The van der Waals surface area contributed by atoms with Gasteiger partial charge in [0.15, 0.2) is 0 Å². The van der Waals surface area contributed by atoms with Crippen molar-refractivity contribution in [3.8, 4) is 0 Å². The Labute approximate surface area is 138 Å². The quantitative estimate of drug-likeness (QED) is 0.865. The molecule has 24 heavy (non-hydrogen) atoms. The Morgan fingerprint density at radius 1 is 1.25 bits per heavy atom. The predicted octanol–water partition coefficient (Wildman–Crippen LogP) is 2.88. The molecule has 0 radical (unpaired) electrons. The maximum Gasteiger partial charge on any atom is 0.433 e. The van der Waals surface area contributed by atoms with E-state index in [1.807, 2.05) is 20.8 Å². The monoisotopic (exact) mass is 345 g/mol. The molecule has 0 spiro atoms. The number of hydrogen-bond acceptors (Lipinski definition) is 4. The van der Waals surface area contributed by atoms with Crippen molar-refractivity contribution in [1.82, 2.24) is 20.2 Å². The first-order chi connectivity index (χ1) is 11.0. The molecule has 0 atom stereocenters. The number of nitrogens with one attached hydrogen (secondary N) is 2. The average Bonchev–Trinajstić information content (AvgIpc) is 2.45. The van der Waals surface area contributed by atoms with Crippen molar-refractivity contribution in [2.75, 3.05) is 18.4 Å². The SMILES string of the molecule is CC(C)(C)NC(=O)N1CCC(Nc2nccc(C(F)(F)F)n2)CC1. The van der Waals surface area contributed by atoms with Gasteiger partial charge in [0.2, 0.25) is 5.95 Å². The van der Waals surface area contributed by atoms with Crippen molar-refractivity contribution in [3.05, 3.63) is 18.0 Å². The van der Waals surface area contributed by atoms with Gasteiger partial charge in [0.1, 0.15) is 5.69 Å². The van der Waals surface area contributed by atoms with Crippen molar-refractivity contribution in [2.24, 2.45) is 0 Å². The number of carbonyl (C=O) groups excluding carboxylic acids is 1. The van der Waals surface area contributed by atoms with Crippen LogP contribution in [0.15, 0.2) is 12.3 Å². The average molecular weight is 345 g/mol. The Balaban J connectivity index is 1.88. The van der Waals surface area contributed by atoms with Gasteiger partial charge >= 0.3 is 12.2 Å². The van der Waals surface area contributed by atoms with Crippen molar-refractivity contribution in [1.29, 1.82) is 0 Å². The van der Waals surface area contributed by atoms with E-state index >= 15 is 0 Å². The Hall–Kier alpha value is -2.06. The first-order valence-electron chi connectivity index (χ1n) is 7.78. The lowest BCUT2D eigenvalue weighted by atomic mass is 10.1. The number of aromatic nitrogens is 2. The van der Waals surface area contributed by atoms with Crippen LogP contribution in [-0.4, -0.2) is 45.6 Å². The fourth-order valence-electron chi connectivity index (χ4n) is 2.40.